The van der Waals surface area contributed by atoms with Gasteiger partial charge in [-0.3, -0.25) is 4.79 Å². The van der Waals surface area contributed by atoms with Gasteiger partial charge in [0.25, 0.3) is 0 Å². The second kappa shape index (κ2) is 7.32. The van der Waals surface area contributed by atoms with Gasteiger partial charge in [-0.05, 0) is 12.5 Å². The van der Waals surface area contributed by atoms with Gasteiger partial charge in [0, 0.05) is 13.5 Å². The maximum Gasteiger partial charge on any atom is 0.407 e. The summed E-state index contributed by atoms with van der Waals surface area (Å²) in [7, 11) is 1.53. The summed E-state index contributed by atoms with van der Waals surface area (Å²) in [6.07, 6.45) is -0.152. The second-order valence-corrected chi connectivity index (χ2v) is 3.72. The molecule has 0 aromatic heterocycles. The van der Waals surface area contributed by atoms with Crippen LogP contribution in [0.1, 0.15) is 12.5 Å². The van der Waals surface area contributed by atoms with Crippen LogP contribution in [0.2, 0.25) is 0 Å². The number of likely N-dealkylation sites (N-methyl/N-ethyl adjacent to an activating group) is 1. The normalized spacial score (nSPS) is 11.4. The lowest BCUT2D eigenvalue weighted by Crippen LogP contribution is -2.47. The molecule has 0 aliphatic heterocycles. The topological polar surface area (TPSA) is 67.4 Å². The quantitative estimate of drug-likeness (QED) is 0.822. The van der Waals surface area contributed by atoms with Crippen LogP contribution in [0.4, 0.5) is 4.79 Å². The molecule has 98 valence electrons. The number of rotatable bonds is 5. The first-order valence-corrected chi connectivity index (χ1v) is 5.86. The van der Waals surface area contributed by atoms with Gasteiger partial charge in [0.15, 0.2) is 0 Å². The van der Waals surface area contributed by atoms with Gasteiger partial charge in [0.1, 0.15) is 6.04 Å². The minimum absolute atomic E-state index is 0.244. The van der Waals surface area contributed by atoms with Crippen molar-refractivity contribution in [1.82, 2.24) is 10.6 Å². The summed E-state index contributed by atoms with van der Waals surface area (Å²) >= 11 is 0. The van der Waals surface area contributed by atoms with E-state index in [0.29, 0.717) is 6.42 Å². The monoisotopic (exact) mass is 250 g/mol. The van der Waals surface area contributed by atoms with E-state index in [1.54, 1.807) is 6.92 Å². The maximum atomic E-state index is 11.7. The van der Waals surface area contributed by atoms with Gasteiger partial charge < -0.3 is 15.4 Å². The van der Waals surface area contributed by atoms with Gasteiger partial charge in [-0.25, -0.2) is 4.79 Å². The third-order valence-corrected chi connectivity index (χ3v) is 2.41. The molecular formula is C13H18N2O3. The number of ether oxygens (including phenoxy) is 1. The highest BCUT2D eigenvalue weighted by molar-refractivity contribution is 5.85. The lowest BCUT2D eigenvalue weighted by atomic mass is 10.1. The van der Waals surface area contributed by atoms with Gasteiger partial charge in [-0.15, -0.1) is 0 Å². The molecule has 0 aliphatic carbocycles. The first-order chi connectivity index (χ1) is 8.67. The summed E-state index contributed by atoms with van der Waals surface area (Å²) in [6.45, 7) is 1.99. The van der Waals surface area contributed by atoms with Gasteiger partial charge >= 0.3 is 6.09 Å². The van der Waals surface area contributed by atoms with Crippen LogP contribution in [0.5, 0.6) is 0 Å². The smallest absolute Gasteiger partial charge is 0.407 e. The van der Waals surface area contributed by atoms with E-state index in [-0.39, 0.29) is 12.5 Å². The summed E-state index contributed by atoms with van der Waals surface area (Å²) in [6, 6.07) is 8.86. The number of benzene rings is 1. The minimum atomic E-state index is -0.628. The fourth-order valence-corrected chi connectivity index (χ4v) is 1.55. The van der Waals surface area contributed by atoms with Gasteiger partial charge in [0.2, 0.25) is 5.91 Å². The van der Waals surface area contributed by atoms with Crippen LogP contribution in [0.3, 0.4) is 0 Å². The lowest BCUT2D eigenvalue weighted by molar-refractivity contribution is -0.122. The van der Waals surface area contributed by atoms with Crippen molar-refractivity contribution in [3.05, 3.63) is 35.9 Å². The first-order valence-electron chi connectivity index (χ1n) is 5.86. The number of alkyl carbamates (subject to hydrolysis) is 1. The van der Waals surface area contributed by atoms with Gasteiger partial charge in [0.05, 0.1) is 6.61 Å². The Morgan fingerprint density at radius 1 is 1.28 bits per heavy atom. The van der Waals surface area contributed by atoms with Crippen LogP contribution in [0, 0.1) is 0 Å². The summed E-state index contributed by atoms with van der Waals surface area (Å²) in [5, 5.41) is 5.07. The van der Waals surface area contributed by atoms with Crippen molar-refractivity contribution in [2.24, 2.45) is 0 Å². The summed E-state index contributed by atoms with van der Waals surface area (Å²) < 4.78 is 4.77. The summed E-state index contributed by atoms with van der Waals surface area (Å²) in [4.78, 5) is 23.0. The standard InChI is InChI=1S/C13H18N2O3/c1-3-18-13(17)15-11(12(16)14-2)9-10-7-5-4-6-8-10/h4-8,11H,3,9H2,1-2H3,(H,14,16)(H,15,17)/t11-/m0/s1. The van der Waals surface area contributed by atoms with E-state index in [9.17, 15) is 9.59 Å². The van der Waals surface area contributed by atoms with Gasteiger partial charge in [-0.1, -0.05) is 30.3 Å². The van der Waals surface area contributed by atoms with Crippen LogP contribution in [0.25, 0.3) is 0 Å². The zero-order valence-corrected chi connectivity index (χ0v) is 10.6. The molecule has 0 unspecified atom stereocenters. The average molecular weight is 250 g/mol. The predicted molar refractivity (Wildman–Crippen MR) is 68.2 cm³/mol. The average Bonchev–Trinajstić information content (AvgIpc) is 2.38. The minimum Gasteiger partial charge on any atom is -0.450 e. The molecule has 1 aromatic carbocycles. The number of carbonyl (C=O) groups is 2. The van der Waals surface area contributed by atoms with E-state index in [1.165, 1.54) is 7.05 Å². The molecular weight excluding hydrogens is 232 g/mol. The Labute approximate surface area is 107 Å². The van der Waals surface area contributed by atoms with Crippen LogP contribution < -0.4 is 10.6 Å². The lowest BCUT2D eigenvalue weighted by Gasteiger charge is -2.16. The fourth-order valence-electron chi connectivity index (χ4n) is 1.55. The van der Waals surface area contributed by atoms with E-state index < -0.39 is 12.1 Å². The number of hydrogen-bond acceptors (Lipinski definition) is 3. The van der Waals surface area contributed by atoms with Crippen LogP contribution >= 0.6 is 0 Å². The van der Waals surface area contributed by atoms with Crippen molar-refractivity contribution in [2.75, 3.05) is 13.7 Å². The molecule has 5 nitrogen and oxygen atoms in total. The molecule has 2 N–H and O–H groups in total. The molecule has 0 spiro atoms. The molecule has 0 saturated heterocycles. The molecule has 2 amide bonds. The van der Waals surface area contributed by atoms with Gasteiger partial charge in [-0.2, -0.15) is 0 Å². The van der Waals surface area contributed by atoms with Crippen LogP contribution in [-0.4, -0.2) is 31.7 Å². The van der Waals surface area contributed by atoms with Crippen molar-refractivity contribution in [2.45, 2.75) is 19.4 Å². The molecule has 0 heterocycles. The number of carbonyl (C=O) groups excluding carboxylic acids is 2. The largest absolute Gasteiger partial charge is 0.450 e. The molecule has 0 radical (unpaired) electrons. The Balaban J connectivity index is 2.67. The Bertz CT molecular complexity index is 392. The van der Waals surface area contributed by atoms with E-state index in [4.69, 9.17) is 4.74 Å². The molecule has 1 atom stereocenters. The Morgan fingerprint density at radius 3 is 2.50 bits per heavy atom. The molecule has 1 rings (SSSR count). The zero-order valence-electron chi connectivity index (χ0n) is 10.6. The highest BCUT2D eigenvalue weighted by atomic mass is 16.5. The molecule has 0 bridgehead atoms. The number of amides is 2. The van der Waals surface area contributed by atoms with Crippen molar-refractivity contribution in [3.8, 4) is 0 Å². The highest BCUT2D eigenvalue weighted by Crippen LogP contribution is 2.03. The maximum absolute atomic E-state index is 11.7. The Hall–Kier alpha value is -2.04. The molecule has 1 aromatic rings. The van der Waals surface area contributed by atoms with E-state index in [0.717, 1.165) is 5.56 Å². The summed E-state index contributed by atoms with van der Waals surface area (Å²) in [5.41, 5.74) is 0.975. The third-order valence-electron chi connectivity index (χ3n) is 2.41. The van der Waals surface area contributed by atoms with Crippen molar-refractivity contribution < 1.29 is 14.3 Å². The molecule has 18 heavy (non-hydrogen) atoms. The Kier molecular flexibility index (Phi) is 5.70. The first kappa shape index (κ1) is 14.0. The molecule has 5 heteroatoms. The van der Waals surface area contributed by atoms with Crippen molar-refractivity contribution in [1.29, 1.82) is 0 Å². The fraction of sp³-hybridized carbons (Fsp3) is 0.385. The number of nitrogens with one attached hydrogen (secondary N) is 2. The highest BCUT2D eigenvalue weighted by Gasteiger charge is 2.20. The molecule has 0 fully saturated rings. The third kappa shape index (κ3) is 4.45. The zero-order chi connectivity index (χ0) is 13.4. The van der Waals surface area contributed by atoms with E-state index in [1.807, 2.05) is 30.3 Å². The molecule has 0 aliphatic rings. The van der Waals surface area contributed by atoms with E-state index >= 15 is 0 Å². The predicted octanol–water partition coefficient (Wildman–Crippen LogP) is 1.09. The summed E-state index contributed by atoms with van der Waals surface area (Å²) in [5.74, 6) is -0.244. The second-order valence-electron chi connectivity index (χ2n) is 3.72. The van der Waals surface area contributed by atoms with Crippen molar-refractivity contribution >= 4 is 12.0 Å². The van der Waals surface area contributed by atoms with Crippen LogP contribution in [-0.2, 0) is 16.0 Å². The Morgan fingerprint density at radius 2 is 1.94 bits per heavy atom. The van der Waals surface area contributed by atoms with Crippen LogP contribution in [0.15, 0.2) is 30.3 Å². The number of hydrogen-bond donors (Lipinski definition) is 2. The molecule has 0 saturated carbocycles. The SMILES string of the molecule is CCOC(=O)N[C@@H](Cc1ccccc1)C(=O)NC. The van der Waals surface area contributed by atoms with E-state index in [2.05, 4.69) is 10.6 Å². The van der Waals surface area contributed by atoms with Crippen molar-refractivity contribution in [3.63, 3.8) is 0 Å².